The number of anilines is 1. The summed E-state index contributed by atoms with van der Waals surface area (Å²) in [4.78, 5) is 4.08. The number of nitrogens with zero attached hydrogens (tertiary/aromatic N) is 4. The van der Waals surface area contributed by atoms with Crippen molar-refractivity contribution in [2.24, 2.45) is 7.05 Å². The number of rotatable bonds is 3. The van der Waals surface area contributed by atoms with E-state index in [4.69, 9.17) is 9.68 Å². The molecule has 0 aromatic carbocycles. The SMILES string of the molecule is Cc1cnc(CNc2c(C#N)c(C)nn2C)o1. The summed E-state index contributed by atoms with van der Waals surface area (Å²) in [6.45, 7) is 4.08. The Kier molecular flexibility index (Phi) is 2.83. The highest BCUT2D eigenvalue weighted by Crippen LogP contribution is 2.18. The molecule has 0 atom stereocenters. The third-order valence-corrected chi connectivity index (χ3v) is 2.41. The van der Waals surface area contributed by atoms with Crippen LogP contribution in [0.5, 0.6) is 0 Å². The first kappa shape index (κ1) is 11.2. The fourth-order valence-corrected chi connectivity index (χ4v) is 1.64. The zero-order chi connectivity index (χ0) is 12.4. The van der Waals surface area contributed by atoms with Crippen molar-refractivity contribution in [1.29, 1.82) is 5.26 Å². The van der Waals surface area contributed by atoms with Crippen LogP contribution < -0.4 is 5.32 Å². The lowest BCUT2D eigenvalue weighted by Gasteiger charge is -2.04. The highest BCUT2D eigenvalue weighted by atomic mass is 16.4. The van der Waals surface area contributed by atoms with Crippen molar-refractivity contribution in [3.63, 3.8) is 0 Å². The summed E-state index contributed by atoms with van der Waals surface area (Å²) in [6.07, 6.45) is 1.66. The molecule has 0 saturated carbocycles. The first-order valence-electron chi connectivity index (χ1n) is 5.20. The van der Waals surface area contributed by atoms with Crippen molar-refractivity contribution in [2.45, 2.75) is 20.4 Å². The van der Waals surface area contributed by atoms with Gasteiger partial charge in [0.05, 0.1) is 18.4 Å². The van der Waals surface area contributed by atoms with Crippen LogP contribution in [0.3, 0.4) is 0 Å². The minimum Gasteiger partial charge on any atom is -0.444 e. The topological polar surface area (TPSA) is 79.7 Å². The number of oxazole rings is 1. The monoisotopic (exact) mass is 231 g/mol. The second-order valence-corrected chi connectivity index (χ2v) is 3.76. The number of aromatic nitrogens is 3. The normalized spacial score (nSPS) is 10.2. The summed E-state index contributed by atoms with van der Waals surface area (Å²) >= 11 is 0. The van der Waals surface area contributed by atoms with Crippen molar-refractivity contribution in [2.75, 3.05) is 5.32 Å². The highest BCUT2D eigenvalue weighted by Gasteiger charge is 2.13. The van der Waals surface area contributed by atoms with Gasteiger partial charge in [0.15, 0.2) is 0 Å². The Labute approximate surface area is 98.9 Å². The van der Waals surface area contributed by atoms with E-state index in [2.05, 4.69) is 21.5 Å². The van der Waals surface area contributed by atoms with Gasteiger partial charge >= 0.3 is 0 Å². The van der Waals surface area contributed by atoms with E-state index in [0.717, 1.165) is 5.76 Å². The van der Waals surface area contributed by atoms with Gasteiger partial charge in [0.2, 0.25) is 5.89 Å². The van der Waals surface area contributed by atoms with Crippen LogP contribution in [0.15, 0.2) is 10.6 Å². The minimum absolute atomic E-state index is 0.432. The number of aryl methyl sites for hydroxylation is 3. The van der Waals surface area contributed by atoms with Crippen LogP contribution in [0.4, 0.5) is 5.82 Å². The van der Waals surface area contributed by atoms with Crippen molar-refractivity contribution in [1.82, 2.24) is 14.8 Å². The van der Waals surface area contributed by atoms with E-state index >= 15 is 0 Å². The zero-order valence-corrected chi connectivity index (χ0v) is 9.98. The van der Waals surface area contributed by atoms with Gasteiger partial charge in [-0.25, -0.2) is 4.98 Å². The molecular weight excluding hydrogens is 218 g/mol. The van der Waals surface area contributed by atoms with Crippen molar-refractivity contribution >= 4 is 5.82 Å². The molecule has 0 saturated heterocycles. The molecule has 0 amide bonds. The average Bonchev–Trinajstić information content (AvgIpc) is 2.80. The lowest BCUT2D eigenvalue weighted by atomic mass is 10.2. The van der Waals surface area contributed by atoms with E-state index in [1.165, 1.54) is 0 Å². The predicted molar refractivity (Wildman–Crippen MR) is 61.2 cm³/mol. The Hall–Kier alpha value is -2.29. The van der Waals surface area contributed by atoms with Gasteiger partial charge in [-0.2, -0.15) is 10.4 Å². The van der Waals surface area contributed by atoms with Crippen LogP contribution in [-0.4, -0.2) is 14.8 Å². The van der Waals surface area contributed by atoms with Crippen LogP contribution >= 0.6 is 0 Å². The first-order chi connectivity index (χ1) is 8.11. The molecule has 2 heterocycles. The smallest absolute Gasteiger partial charge is 0.213 e. The summed E-state index contributed by atoms with van der Waals surface area (Å²) in [5.41, 5.74) is 1.26. The minimum atomic E-state index is 0.432. The molecule has 17 heavy (non-hydrogen) atoms. The van der Waals surface area contributed by atoms with Gasteiger partial charge in [-0.1, -0.05) is 0 Å². The maximum Gasteiger partial charge on any atom is 0.213 e. The second kappa shape index (κ2) is 4.29. The molecule has 0 spiro atoms. The van der Waals surface area contributed by atoms with Crippen LogP contribution in [0, 0.1) is 25.2 Å². The van der Waals surface area contributed by atoms with Gasteiger partial charge in [0.1, 0.15) is 23.2 Å². The molecule has 0 fully saturated rings. The molecule has 0 aliphatic carbocycles. The molecular formula is C11H13N5O. The first-order valence-corrected chi connectivity index (χ1v) is 5.20. The standard InChI is InChI=1S/C11H13N5O/c1-7-5-13-10(17-7)6-14-11-9(4-12)8(2)15-16(11)3/h5,14H,6H2,1-3H3. The van der Waals surface area contributed by atoms with Crippen LogP contribution in [0.25, 0.3) is 0 Å². The molecule has 6 nitrogen and oxygen atoms in total. The molecule has 0 radical (unpaired) electrons. The lowest BCUT2D eigenvalue weighted by molar-refractivity contribution is 0.478. The number of hydrogen-bond donors (Lipinski definition) is 1. The van der Waals surface area contributed by atoms with Gasteiger partial charge < -0.3 is 9.73 Å². The van der Waals surface area contributed by atoms with Gasteiger partial charge in [0.25, 0.3) is 0 Å². The molecule has 1 N–H and O–H groups in total. The molecule has 88 valence electrons. The molecule has 2 aromatic rings. The Morgan fingerprint density at radius 2 is 2.29 bits per heavy atom. The largest absolute Gasteiger partial charge is 0.444 e. The van der Waals surface area contributed by atoms with Crippen molar-refractivity contribution in [3.8, 4) is 6.07 Å². The van der Waals surface area contributed by atoms with E-state index in [1.807, 2.05) is 6.92 Å². The summed E-state index contributed by atoms with van der Waals surface area (Å²) in [5.74, 6) is 2.04. The fraction of sp³-hybridized carbons (Fsp3) is 0.364. The van der Waals surface area contributed by atoms with E-state index in [0.29, 0.717) is 29.5 Å². The Morgan fingerprint density at radius 1 is 1.53 bits per heavy atom. The summed E-state index contributed by atoms with van der Waals surface area (Å²) in [6, 6.07) is 2.13. The summed E-state index contributed by atoms with van der Waals surface area (Å²) in [5, 5.41) is 16.3. The van der Waals surface area contributed by atoms with Crippen molar-refractivity contribution in [3.05, 3.63) is 29.1 Å². The maximum absolute atomic E-state index is 9.03. The van der Waals surface area contributed by atoms with Gasteiger partial charge in [0, 0.05) is 7.05 Å². The highest BCUT2D eigenvalue weighted by molar-refractivity contribution is 5.54. The molecule has 2 aromatic heterocycles. The molecule has 0 bridgehead atoms. The lowest BCUT2D eigenvalue weighted by Crippen LogP contribution is -2.05. The van der Waals surface area contributed by atoms with E-state index in [-0.39, 0.29) is 0 Å². The number of hydrogen-bond acceptors (Lipinski definition) is 5. The van der Waals surface area contributed by atoms with Gasteiger partial charge in [-0.05, 0) is 13.8 Å². The Morgan fingerprint density at radius 3 is 2.88 bits per heavy atom. The third-order valence-electron chi connectivity index (χ3n) is 2.41. The average molecular weight is 231 g/mol. The zero-order valence-electron chi connectivity index (χ0n) is 9.98. The summed E-state index contributed by atoms with van der Waals surface area (Å²) < 4.78 is 6.98. The number of nitrogens with one attached hydrogen (secondary N) is 1. The molecule has 0 unspecified atom stereocenters. The van der Waals surface area contributed by atoms with Gasteiger partial charge in [-0.3, -0.25) is 4.68 Å². The van der Waals surface area contributed by atoms with Gasteiger partial charge in [-0.15, -0.1) is 0 Å². The Bertz CT molecular complexity index is 575. The Balaban J connectivity index is 2.17. The molecule has 2 rings (SSSR count). The second-order valence-electron chi connectivity index (χ2n) is 3.76. The molecule has 0 aliphatic heterocycles. The van der Waals surface area contributed by atoms with E-state index < -0.39 is 0 Å². The predicted octanol–water partition coefficient (Wildman–Crippen LogP) is 1.51. The molecule has 6 heteroatoms. The quantitative estimate of drug-likeness (QED) is 0.866. The maximum atomic E-state index is 9.03. The van der Waals surface area contributed by atoms with Crippen LogP contribution in [0.1, 0.15) is 22.9 Å². The van der Waals surface area contributed by atoms with Crippen LogP contribution in [0.2, 0.25) is 0 Å². The molecule has 0 aliphatic rings. The van der Waals surface area contributed by atoms with E-state index in [1.54, 1.807) is 24.9 Å². The van der Waals surface area contributed by atoms with Crippen LogP contribution in [-0.2, 0) is 13.6 Å². The van der Waals surface area contributed by atoms with Crippen molar-refractivity contribution < 1.29 is 4.42 Å². The third kappa shape index (κ3) is 2.13. The number of nitriles is 1. The summed E-state index contributed by atoms with van der Waals surface area (Å²) in [7, 11) is 1.79. The van der Waals surface area contributed by atoms with E-state index in [9.17, 15) is 0 Å². The fourth-order valence-electron chi connectivity index (χ4n) is 1.64.